The smallest absolute Gasteiger partial charge is 0.268 e. The number of likely N-dealkylation sites (N-methyl/N-ethyl adjacent to an activating group) is 1. The summed E-state index contributed by atoms with van der Waals surface area (Å²) in [6.07, 6.45) is 4.85. The Bertz CT molecular complexity index is 1100. The third-order valence-corrected chi connectivity index (χ3v) is 6.56. The number of nitrogens with two attached hydrogens (primary N) is 1. The first kappa shape index (κ1) is 16.9. The Hall–Kier alpha value is -2.57. The molecule has 1 aromatic heterocycles. The highest BCUT2D eigenvalue weighted by molar-refractivity contribution is 7.90. The summed E-state index contributed by atoms with van der Waals surface area (Å²) in [6, 6.07) is 14.0. The largest absolute Gasteiger partial charge is 0.399 e. The van der Waals surface area contributed by atoms with Crippen molar-refractivity contribution in [3.05, 3.63) is 66.4 Å². The second-order valence-corrected chi connectivity index (χ2v) is 8.49. The second-order valence-electron chi connectivity index (χ2n) is 6.67. The van der Waals surface area contributed by atoms with Crippen LogP contribution in [0.4, 0.5) is 5.69 Å². The molecule has 0 radical (unpaired) electrons. The third kappa shape index (κ3) is 2.81. The van der Waals surface area contributed by atoms with Gasteiger partial charge in [0.1, 0.15) is 0 Å². The molecule has 4 rings (SSSR count). The molecule has 0 unspecified atom stereocenters. The molecule has 1 aliphatic rings. The van der Waals surface area contributed by atoms with Crippen molar-refractivity contribution in [3.8, 4) is 0 Å². The summed E-state index contributed by atoms with van der Waals surface area (Å²) in [5.41, 5.74) is 9.13. The van der Waals surface area contributed by atoms with Crippen molar-refractivity contribution in [1.29, 1.82) is 0 Å². The number of aromatic nitrogens is 1. The minimum absolute atomic E-state index is 0.233. The normalized spacial score (nSPS) is 16.0. The third-order valence-electron chi connectivity index (χ3n) is 4.87. The molecule has 0 amide bonds. The van der Waals surface area contributed by atoms with Gasteiger partial charge in [-0.1, -0.05) is 24.3 Å². The van der Waals surface area contributed by atoms with Crippen LogP contribution in [0, 0.1) is 0 Å². The number of benzene rings is 2. The first-order valence-corrected chi connectivity index (χ1v) is 10.00. The van der Waals surface area contributed by atoms with E-state index in [2.05, 4.69) is 18.0 Å². The number of fused-ring (bicyclic) bond motifs is 1. The van der Waals surface area contributed by atoms with Crippen LogP contribution in [0.2, 0.25) is 0 Å². The van der Waals surface area contributed by atoms with E-state index in [9.17, 15) is 8.42 Å². The van der Waals surface area contributed by atoms with Crippen molar-refractivity contribution < 1.29 is 8.42 Å². The van der Waals surface area contributed by atoms with Gasteiger partial charge in [0.15, 0.2) is 0 Å². The van der Waals surface area contributed by atoms with Gasteiger partial charge in [0, 0.05) is 35.9 Å². The van der Waals surface area contributed by atoms with Crippen molar-refractivity contribution in [2.75, 3.05) is 25.9 Å². The van der Waals surface area contributed by atoms with Gasteiger partial charge in [-0.2, -0.15) is 0 Å². The summed E-state index contributed by atoms with van der Waals surface area (Å²) in [5, 5.41) is 0.960. The van der Waals surface area contributed by atoms with E-state index in [1.165, 1.54) is 9.55 Å². The lowest BCUT2D eigenvalue weighted by atomic mass is 9.99. The van der Waals surface area contributed by atoms with Crippen LogP contribution in [-0.4, -0.2) is 37.4 Å². The molecule has 0 saturated heterocycles. The molecule has 0 bridgehead atoms. The average molecular weight is 367 g/mol. The van der Waals surface area contributed by atoms with E-state index in [-0.39, 0.29) is 4.90 Å². The summed E-state index contributed by atoms with van der Waals surface area (Å²) in [7, 11) is -1.60. The van der Waals surface area contributed by atoms with E-state index in [0.29, 0.717) is 11.2 Å². The van der Waals surface area contributed by atoms with Gasteiger partial charge >= 0.3 is 0 Å². The molecule has 26 heavy (non-hydrogen) atoms. The van der Waals surface area contributed by atoms with Crippen molar-refractivity contribution in [1.82, 2.24) is 8.87 Å². The topological polar surface area (TPSA) is 68.3 Å². The first-order chi connectivity index (χ1) is 12.5. The lowest BCUT2D eigenvalue weighted by Gasteiger charge is -2.21. The van der Waals surface area contributed by atoms with Crippen molar-refractivity contribution >= 4 is 32.2 Å². The molecule has 0 aliphatic carbocycles. The molecule has 2 heterocycles. The number of hydrogen-bond donors (Lipinski definition) is 1. The zero-order valence-corrected chi connectivity index (χ0v) is 15.4. The predicted octanol–water partition coefficient (Wildman–Crippen LogP) is 3.18. The number of para-hydroxylation sites is 1. The Kier molecular flexibility index (Phi) is 4.09. The van der Waals surface area contributed by atoms with Crippen LogP contribution in [0.3, 0.4) is 0 Å². The Morgan fingerprint density at radius 1 is 1.04 bits per heavy atom. The molecular weight excluding hydrogens is 346 g/mol. The van der Waals surface area contributed by atoms with E-state index in [4.69, 9.17) is 5.73 Å². The molecule has 1 aliphatic heterocycles. The zero-order valence-electron chi connectivity index (χ0n) is 14.6. The monoisotopic (exact) mass is 367 g/mol. The van der Waals surface area contributed by atoms with Gasteiger partial charge in [-0.05, 0) is 49.4 Å². The molecule has 2 N–H and O–H groups in total. The highest BCUT2D eigenvalue weighted by Gasteiger charge is 2.23. The number of nitrogens with zero attached hydrogens (tertiary/aromatic N) is 2. The fraction of sp³-hybridized carbons (Fsp3) is 0.200. The number of anilines is 1. The van der Waals surface area contributed by atoms with Gasteiger partial charge in [-0.25, -0.2) is 12.4 Å². The zero-order chi connectivity index (χ0) is 18.3. The highest BCUT2D eigenvalue weighted by Crippen LogP contribution is 2.33. The summed E-state index contributed by atoms with van der Waals surface area (Å²) < 4.78 is 27.8. The minimum atomic E-state index is -3.69. The van der Waals surface area contributed by atoms with Gasteiger partial charge in [0.05, 0.1) is 10.4 Å². The quantitative estimate of drug-likeness (QED) is 0.722. The summed E-state index contributed by atoms with van der Waals surface area (Å²) in [6.45, 7) is 1.84. The van der Waals surface area contributed by atoms with Crippen LogP contribution in [0.25, 0.3) is 16.5 Å². The van der Waals surface area contributed by atoms with Crippen LogP contribution in [0.15, 0.2) is 65.7 Å². The molecule has 0 atom stereocenters. The molecule has 3 aromatic rings. The maximum atomic E-state index is 13.2. The van der Waals surface area contributed by atoms with E-state index in [1.54, 1.807) is 30.5 Å². The molecule has 134 valence electrons. The van der Waals surface area contributed by atoms with Gasteiger partial charge in [-0.15, -0.1) is 0 Å². The maximum Gasteiger partial charge on any atom is 0.268 e. The Morgan fingerprint density at radius 3 is 2.46 bits per heavy atom. The number of hydrogen-bond acceptors (Lipinski definition) is 4. The van der Waals surface area contributed by atoms with Crippen molar-refractivity contribution in [2.45, 2.75) is 11.3 Å². The Balaban J connectivity index is 1.90. The number of nitrogen functional groups attached to an aromatic ring is 1. The SMILES string of the molecule is CN1CC=C(c2cn(S(=O)(=O)c3ccc(N)cc3)c3ccccc23)CC1. The fourth-order valence-corrected chi connectivity index (χ4v) is 4.74. The van der Waals surface area contributed by atoms with Gasteiger partial charge < -0.3 is 10.6 Å². The molecule has 0 fully saturated rings. The molecule has 0 saturated carbocycles. The maximum absolute atomic E-state index is 13.2. The van der Waals surface area contributed by atoms with Gasteiger partial charge in [0.2, 0.25) is 0 Å². The van der Waals surface area contributed by atoms with E-state index < -0.39 is 10.0 Å². The van der Waals surface area contributed by atoms with Crippen LogP contribution in [0.5, 0.6) is 0 Å². The van der Waals surface area contributed by atoms with Crippen LogP contribution in [0.1, 0.15) is 12.0 Å². The molecule has 5 nitrogen and oxygen atoms in total. The molecule has 0 spiro atoms. The first-order valence-electron chi connectivity index (χ1n) is 8.56. The van der Waals surface area contributed by atoms with Crippen LogP contribution in [-0.2, 0) is 10.0 Å². The number of rotatable bonds is 3. The average Bonchev–Trinajstić information content (AvgIpc) is 3.03. The van der Waals surface area contributed by atoms with E-state index in [1.807, 2.05) is 24.3 Å². The lowest BCUT2D eigenvalue weighted by Crippen LogP contribution is -2.23. The van der Waals surface area contributed by atoms with Crippen LogP contribution >= 0.6 is 0 Å². The standard InChI is InChI=1S/C20H21N3O2S/c1-22-12-10-15(11-13-22)19-14-23(20-5-3-2-4-18(19)20)26(24,25)17-8-6-16(21)7-9-17/h2-10,14H,11-13,21H2,1H3. The summed E-state index contributed by atoms with van der Waals surface area (Å²) in [4.78, 5) is 2.48. The molecule has 2 aromatic carbocycles. The highest BCUT2D eigenvalue weighted by atomic mass is 32.2. The molecule has 6 heteroatoms. The predicted molar refractivity (Wildman–Crippen MR) is 105 cm³/mol. The van der Waals surface area contributed by atoms with Gasteiger partial charge in [0.25, 0.3) is 10.0 Å². The Labute approximate surface area is 153 Å². The molecular formula is C20H21N3O2S. The van der Waals surface area contributed by atoms with E-state index in [0.717, 1.165) is 30.5 Å². The lowest BCUT2D eigenvalue weighted by molar-refractivity contribution is 0.370. The van der Waals surface area contributed by atoms with Crippen molar-refractivity contribution in [3.63, 3.8) is 0 Å². The van der Waals surface area contributed by atoms with Gasteiger partial charge in [-0.3, -0.25) is 0 Å². The van der Waals surface area contributed by atoms with Crippen molar-refractivity contribution in [2.24, 2.45) is 0 Å². The Morgan fingerprint density at radius 2 is 1.77 bits per heavy atom. The van der Waals surface area contributed by atoms with E-state index >= 15 is 0 Å². The fourth-order valence-electron chi connectivity index (χ4n) is 3.37. The summed E-state index contributed by atoms with van der Waals surface area (Å²) in [5.74, 6) is 0. The minimum Gasteiger partial charge on any atom is -0.399 e. The summed E-state index contributed by atoms with van der Waals surface area (Å²) >= 11 is 0. The second kappa shape index (κ2) is 6.30. The van der Waals surface area contributed by atoms with Crippen LogP contribution < -0.4 is 5.73 Å².